The first kappa shape index (κ1) is 19.6. The zero-order chi connectivity index (χ0) is 20.1. The summed E-state index contributed by atoms with van der Waals surface area (Å²) in [6.45, 7) is 3.68. The van der Waals surface area contributed by atoms with Gasteiger partial charge >= 0.3 is 0 Å². The van der Waals surface area contributed by atoms with E-state index in [0.29, 0.717) is 0 Å². The predicted molar refractivity (Wildman–Crippen MR) is 126 cm³/mol. The third kappa shape index (κ3) is 4.83. The molecular weight excluding hydrogens is 426 g/mol. The molecule has 0 atom stereocenters. The Morgan fingerprint density at radius 3 is 2.14 bits per heavy atom. The van der Waals surface area contributed by atoms with Gasteiger partial charge in [-0.05, 0) is 43.4 Å². The van der Waals surface area contributed by atoms with Crippen molar-refractivity contribution in [3.05, 3.63) is 71.5 Å². The van der Waals surface area contributed by atoms with Crippen LogP contribution in [0, 0.1) is 0 Å². The summed E-state index contributed by atoms with van der Waals surface area (Å²) >= 11 is 3.51. The molecule has 0 saturated carbocycles. The molecule has 0 aliphatic rings. The highest BCUT2D eigenvalue weighted by molar-refractivity contribution is 9.10. The fraction of sp³-hybridized carbons (Fsp3) is 0.217. The van der Waals surface area contributed by atoms with Gasteiger partial charge < -0.3 is 15.5 Å². The summed E-state index contributed by atoms with van der Waals surface area (Å²) in [6, 6.07) is 18.5. The Morgan fingerprint density at radius 2 is 1.41 bits per heavy atom. The summed E-state index contributed by atoms with van der Waals surface area (Å²) in [7, 11) is 2.15. The summed E-state index contributed by atoms with van der Waals surface area (Å²) < 4.78 is 1.05. The van der Waals surface area contributed by atoms with Gasteiger partial charge in [0.2, 0.25) is 0 Å². The van der Waals surface area contributed by atoms with E-state index in [2.05, 4.69) is 72.7 Å². The summed E-state index contributed by atoms with van der Waals surface area (Å²) in [5, 5.41) is 9.39. The number of rotatable bonds is 8. The number of hydrogen-bond donors (Lipinski definition) is 2. The van der Waals surface area contributed by atoms with Gasteiger partial charge in [-0.25, -0.2) is 0 Å². The van der Waals surface area contributed by atoms with Crippen molar-refractivity contribution in [3.8, 4) is 0 Å². The minimum atomic E-state index is 0.879. The second kappa shape index (κ2) is 9.20. The van der Waals surface area contributed by atoms with Gasteiger partial charge in [-0.1, -0.05) is 34.1 Å². The largest absolute Gasteiger partial charge is 0.383 e. The number of likely N-dealkylation sites (N-methyl/N-ethyl adjacent to an activating group) is 1. The van der Waals surface area contributed by atoms with Crippen LogP contribution in [0.1, 0.15) is 0 Å². The highest BCUT2D eigenvalue weighted by Crippen LogP contribution is 2.24. The average Bonchev–Trinajstić information content (AvgIpc) is 2.74. The van der Waals surface area contributed by atoms with Crippen LogP contribution < -0.4 is 10.6 Å². The zero-order valence-electron chi connectivity index (χ0n) is 16.4. The normalized spacial score (nSPS) is 11.3. The van der Waals surface area contributed by atoms with E-state index in [1.807, 2.05) is 42.7 Å². The van der Waals surface area contributed by atoms with E-state index in [-0.39, 0.29) is 0 Å². The number of nitrogens with zero attached hydrogens (tertiary/aromatic N) is 3. The second-order valence-electron chi connectivity index (χ2n) is 7.05. The topological polar surface area (TPSA) is 53.1 Å². The van der Waals surface area contributed by atoms with E-state index >= 15 is 0 Å². The molecule has 2 N–H and O–H groups in total. The molecule has 0 saturated heterocycles. The lowest BCUT2D eigenvalue weighted by Gasteiger charge is -2.19. The molecule has 2 aromatic carbocycles. The van der Waals surface area contributed by atoms with E-state index in [1.165, 1.54) is 0 Å². The zero-order valence-corrected chi connectivity index (χ0v) is 18.0. The van der Waals surface area contributed by atoms with Crippen molar-refractivity contribution in [1.29, 1.82) is 0 Å². The van der Waals surface area contributed by atoms with Crippen LogP contribution in [0.15, 0.2) is 71.5 Å². The Bertz CT molecular complexity index is 1110. The SMILES string of the molecule is CN(CCNc1ccnc2ccccc12)CCNc1ccnc2cc(Br)ccc12. The highest BCUT2D eigenvalue weighted by Gasteiger charge is 2.04. The van der Waals surface area contributed by atoms with Crippen LogP contribution >= 0.6 is 15.9 Å². The Hall–Kier alpha value is -2.70. The predicted octanol–water partition coefficient (Wildman–Crippen LogP) is 5.00. The number of para-hydroxylation sites is 1. The van der Waals surface area contributed by atoms with Crippen LogP contribution in [0.3, 0.4) is 0 Å². The van der Waals surface area contributed by atoms with Crippen molar-refractivity contribution < 1.29 is 0 Å². The number of nitrogens with one attached hydrogen (secondary N) is 2. The molecule has 4 aromatic rings. The van der Waals surface area contributed by atoms with Crippen LogP contribution in [0.5, 0.6) is 0 Å². The number of pyridine rings is 2. The summed E-state index contributed by atoms with van der Waals surface area (Å²) in [4.78, 5) is 11.2. The monoisotopic (exact) mass is 449 g/mol. The second-order valence-corrected chi connectivity index (χ2v) is 7.97. The molecule has 148 valence electrons. The van der Waals surface area contributed by atoms with Crippen molar-refractivity contribution in [2.75, 3.05) is 43.9 Å². The Labute approximate surface area is 179 Å². The molecule has 0 radical (unpaired) electrons. The molecule has 0 bridgehead atoms. The maximum atomic E-state index is 4.44. The van der Waals surface area contributed by atoms with Gasteiger partial charge in [-0.3, -0.25) is 9.97 Å². The molecule has 0 fully saturated rings. The first-order valence-corrected chi connectivity index (χ1v) is 10.5. The Kier molecular flexibility index (Phi) is 6.22. The smallest absolute Gasteiger partial charge is 0.0733 e. The molecule has 0 aliphatic heterocycles. The third-order valence-corrected chi connectivity index (χ3v) is 5.47. The van der Waals surface area contributed by atoms with E-state index in [0.717, 1.165) is 63.8 Å². The van der Waals surface area contributed by atoms with Crippen LogP contribution in [-0.4, -0.2) is 48.1 Å². The Balaban J connectivity index is 1.27. The number of halogens is 1. The van der Waals surface area contributed by atoms with E-state index in [1.54, 1.807) is 0 Å². The molecule has 4 rings (SSSR count). The molecule has 29 heavy (non-hydrogen) atoms. The molecule has 2 aromatic heterocycles. The molecule has 0 spiro atoms. The highest BCUT2D eigenvalue weighted by atomic mass is 79.9. The van der Waals surface area contributed by atoms with Gasteiger partial charge in [0.1, 0.15) is 0 Å². The van der Waals surface area contributed by atoms with Gasteiger partial charge in [0.25, 0.3) is 0 Å². The van der Waals surface area contributed by atoms with Gasteiger partial charge in [0.05, 0.1) is 11.0 Å². The number of fused-ring (bicyclic) bond motifs is 2. The lowest BCUT2D eigenvalue weighted by Crippen LogP contribution is -2.29. The number of hydrogen-bond acceptors (Lipinski definition) is 5. The molecule has 6 heteroatoms. The van der Waals surface area contributed by atoms with Crippen molar-refractivity contribution in [1.82, 2.24) is 14.9 Å². The summed E-state index contributed by atoms with van der Waals surface area (Å²) in [6.07, 6.45) is 3.71. The van der Waals surface area contributed by atoms with Gasteiger partial charge in [0, 0.05) is 65.2 Å². The van der Waals surface area contributed by atoms with Gasteiger partial charge in [-0.2, -0.15) is 0 Å². The standard InChI is InChI=1S/C23H24BrN5/c1-29(14-12-27-21-8-10-25-20-5-3-2-4-18(20)21)15-13-28-22-9-11-26-23-16-17(24)6-7-19(22)23/h2-11,16H,12-15H2,1H3,(H,25,27)(H,26,28). The quantitative estimate of drug-likeness (QED) is 0.396. The van der Waals surface area contributed by atoms with E-state index in [9.17, 15) is 0 Å². The first-order valence-electron chi connectivity index (χ1n) is 9.75. The molecule has 5 nitrogen and oxygen atoms in total. The minimum absolute atomic E-state index is 0.879. The van der Waals surface area contributed by atoms with Gasteiger partial charge in [0.15, 0.2) is 0 Å². The van der Waals surface area contributed by atoms with Crippen LogP contribution in [0.2, 0.25) is 0 Å². The van der Waals surface area contributed by atoms with Crippen LogP contribution in [0.4, 0.5) is 11.4 Å². The maximum absolute atomic E-state index is 4.44. The number of benzene rings is 2. The van der Waals surface area contributed by atoms with Crippen molar-refractivity contribution in [3.63, 3.8) is 0 Å². The van der Waals surface area contributed by atoms with Crippen molar-refractivity contribution in [2.24, 2.45) is 0 Å². The average molecular weight is 450 g/mol. The lowest BCUT2D eigenvalue weighted by atomic mass is 10.2. The molecule has 2 heterocycles. The molecular formula is C23H24BrN5. The van der Waals surface area contributed by atoms with E-state index in [4.69, 9.17) is 0 Å². The van der Waals surface area contributed by atoms with Crippen molar-refractivity contribution >= 4 is 49.1 Å². The molecule has 0 amide bonds. The minimum Gasteiger partial charge on any atom is -0.383 e. The van der Waals surface area contributed by atoms with Crippen LogP contribution in [-0.2, 0) is 0 Å². The molecule has 0 unspecified atom stereocenters. The molecule has 0 aliphatic carbocycles. The first-order chi connectivity index (χ1) is 14.2. The summed E-state index contributed by atoms with van der Waals surface area (Å²) in [5.74, 6) is 0. The Morgan fingerprint density at radius 1 is 0.793 bits per heavy atom. The van der Waals surface area contributed by atoms with E-state index < -0.39 is 0 Å². The van der Waals surface area contributed by atoms with Crippen molar-refractivity contribution in [2.45, 2.75) is 0 Å². The number of aromatic nitrogens is 2. The van der Waals surface area contributed by atoms with Crippen LogP contribution in [0.25, 0.3) is 21.8 Å². The maximum Gasteiger partial charge on any atom is 0.0733 e. The fourth-order valence-electron chi connectivity index (χ4n) is 3.40. The third-order valence-electron chi connectivity index (χ3n) is 4.97. The lowest BCUT2D eigenvalue weighted by molar-refractivity contribution is 0.361. The fourth-order valence-corrected chi connectivity index (χ4v) is 3.75. The summed E-state index contributed by atoms with van der Waals surface area (Å²) in [5.41, 5.74) is 4.27. The van der Waals surface area contributed by atoms with Gasteiger partial charge in [-0.15, -0.1) is 0 Å². The number of anilines is 2.